The molecule has 0 spiro atoms. The molecule has 1 fully saturated rings. The predicted molar refractivity (Wildman–Crippen MR) is 104 cm³/mol. The Labute approximate surface area is 156 Å². The zero-order chi connectivity index (χ0) is 18.2. The molecule has 0 bridgehead atoms. The van der Waals surface area contributed by atoms with Crippen LogP contribution in [-0.4, -0.2) is 49.3 Å². The maximum absolute atomic E-state index is 5.85. The molecule has 1 N–H and O–H groups in total. The van der Waals surface area contributed by atoms with E-state index in [9.17, 15) is 0 Å². The van der Waals surface area contributed by atoms with Gasteiger partial charge in [0, 0.05) is 50.5 Å². The van der Waals surface area contributed by atoms with E-state index in [1.54, 1.807) is 0 Å². The van der Waals surface area contributed by atoms with Crippen LogP contribution in [-0.2, 0) is 6.42 Å². The minimum Gasteiger partial charge on any atom is -0.490 e. The summed E-state index contributed by atoms with van der Waals surface area (Å²) in [5.74, 6) is 1.64. The number of pyridine rings is 1. The Kier molecular flexibility index (Phi) is 6.86. The first-order valence-electron chi connectivity index (χ1n) is 9.56. The van der Waals surface area contributed by atoms with Crippen LogP contribution in [0.4, 0.5) is 0 Å². The monoisotopic (exact) mass is 355 g/mol. The molecular weight excluding hydrogens is 326 g/mol. The predicted octanol–water partition coefficient (Wildman–Crippen LogP) is 3.07. The number of nitrogens with zero attached hydrogens (tertiary/aromatic N) is 2. The van der Waals surface area contributed by atoms with E-state index in [1.807, 2.05) is 32.2 Å². The second-order valence-corrected chi connectivity index (χ2v) is 6.40. The molecule has 0 radical (unpaired) electrons. The number of aromatic nitrogens is 1. The fourth-order valence-electron chi connectivity index (χ4n) is 3.44. The standard InChI is InChI=1S/C21H29N3O2/c1-3-25-20-9-8-17(15-21(20)26-4-2)19(24-13-11-22-12-14-24)16-18-7-5-6-10-23-18/h5-10,15,19,22H,3-4,11-14,16H2,1-2H3. The highest BCUT2D eigenvalue weighted by atomic mass is 16.5. The van der Waals surface area contributed by atoms with Crippen molar-refractivity contribution in [3.63, 3.8) is 0 Å². The molecule has 1 atom stereocenters. The second-order valence-electron chi connectivity index (χ2n) is 6.40. The molecule has 0 saturated carbocycles. The van der Waals surface area contributed by atoms with Crippen molar-refractivity contribution in [1.82, 2.24) is 15.2 Å². The molecule has 1 aromatic carbocycles. The van der Waals surface area contributed by atoms with Crippen molar-refractivity contribution >= 4 is 0 Å². The molecular formula is C21H29N3O2. The Hall–Kier alpha value is -2.11. The van der Waals surface area contributed by atoms with Gasteiger partial charge in [-0.15, -0.1) is 0 Å². The maximum atomic E-state index is 5.85. The minimum atomic E-state index is 0.280. The molecule has 1 saturated heterocycles. The van der Waals surface area contributed by atoms with Gasteiger partial charge in [-0.1, -0.05) is 12.1 Å². The van der Waals surface area contributed by atoms with Gasteiger partial charge in [0.05, 0.1) is 13.2 Å². The Bertz CT molecular complexity index is 672. The van der Waals surface area contributed by atoms with E-state index < -0.39 is 0 Å². The third-order valence-corrected chi connectivity index (χ3v) is 4.67. The largest absolute Gasteiger partial charge is 0.490 e. The van der Waals surface area contributed by atoms with Gasteiger partial charge in [-0.05, 0) is 43.7 Å². The zero-order valence-electron chi connectivity index (χ0n) is 15.8. The van der Waals surface area contributed by atoms with Gasteiger partial charge in [0.25, 0.3) is 0 Å². The summed E-state index contributed by atoms with van der Waals surface area (Å²) in [7, 11) is 0. The first kappa shape index (κ1) is 18.7. The normalized spacial score (nSPS) is 16.2. The fraction of sp³-hybridized carbons (Fsp3) is 0.476. The minimum absolute atomic E-state index is 0.280. The van der Waals surface area contributed by atoms with E-state index in [0.29, 0.717) is 13.2 Å². The number of rotatable bonds is 8. The summed E-state index contributed by atoms with van der Waals surface area (Å²) in [5, 5.41) is 3.44. The summed E-state index contributed by atoms with van der Waals surface area (Å²) in [4.78, 5) is 7.08. The molecule has 1 unspecified atom stereocenters. The first-order chi connectivity index (χ1) is 12.8. The van der Waals surface area contributed by atoms with E-state index in [2.05, 4.69) is 39.5 Å². The van der Waals surface area contributed by atoms with E-state index in [-0.39, 0.29) is 6.04 Å². The van der Waals surface area contributed by atoms with Crippen molar-refractivity contribution in [1.29, 1.82) is 0 Å². The number of piperazine rings is 1. The maximum Gasteiger partial charge on any atom is 0.161 e. The van der Waals surface area contributed by atoms with Gasteiger partial charge in [0.15, 0.2) is 11.5 Å². The van der Waals surface area contributed by atoms with Gasteiger partial charge in [-0.25, -0.2) is 0 Å². The van der Waals surface area contributed by atoms with Gasteiger partial charge in [0.2, 0.25) is 0 Å². The molecule has 0 aliphatic carbocycles. The van der Waals surface area contributed by atoms with Gasteiger partial charge < -0.3 is 14.8 Å². The Balaban J connectivity index is 1.90. The topological polar surface area (TPSA) is 46.6 Å². The van der Waals surface area contributed by atoms with E-state index in [0.717, 1.165) is 49.8 Å². The number of nitrogens with one attached hydrogen (secondary N) is 1. The molecule has 3 rings (SSSR count). The molecule has 1 aromatic heterocycles. The molecule has 1 aliphatic rings. The zero-order valence-corrected chi connectivity index (χ0v) is 15.8. The third-order valence-electron chi connectivity index (χ3n) is 4.67. The first-order valence-corrected chi connectivity index (χ1v) is 9.56. The van der Waals surface area contributed by atoms with Gasteiger partial charge in [-0.3, -0.25) is 9.88 Å². The van der Waals surface area contributed by atoms with Crippen LogP contribution in [0.1, 0.15) is 31.1 Å². The van der Waals surface area contributed by atoms with Crippen molar-refractivity contribution in [3.05, 3.63) is 53.9 Å². The average molecular weight is 355 g/mol. The SMILES string of the molecule is CCOc1ccc(C(Cc2ccccn2)N2CCNCC2)cc1OCC. The van der Waals surface area contributed by atoms with E-state index in [4.69, 9.17) is 9.47 Å². The molecule has 1 aliphatic heterocycles. The van der Waals surface area contributed by atoms with Crippen molar-refractivity contribution in [3.8, 4) is 11.5 Å². The number of ether oxygens (including phenoxy) is 2. The molecule has 2 heterocycles. The lowest BCUT2D eigenvalue weighted by Gasteiger charge is -2.35. The van der Waals surface area contributed by atoms with Crippen molar-refractivity contribution in [2.75, 3.05) is 39.4 Å². The van der Waals surface area contributed by atoms with Crippen LogP contribution >= 0.6 is 0 Å². The smallest absolute Gasteiger partial charge is 0.161 e. The van der Waals surface area contributed by atoms with Crippen molar-refractivity contribution < 1.29 is 9.47 Å². The summed E-state index contributed by atoms with van der Waals surface area (Å²) < 4.78 is 11.6. The Morgan fingerprint density at radius 2 is 1.81 bits per heavy atom. The van der Waals surface area contributed by atoms with Crippen LogP contribution in [0.25, 0.3) is 0 Å². The average Bonchev–Trinajstić information content (AvgIpc) is 2.69. The van der Waals surface area contributed by atoms with Crippen molar-refractivity contribution in [2.45, 2.75) is 26.3 Å². The van der Waals surface area contributed by atoms with E-state index >= 15 is 0 Å². The molecule has 140 valence electrons. The van der Waals surface area contributed by atoms with Crippen molar-refractivity contribution in [2.24, 2.45) is 0 Å². The second kappa shape index (κ2) is 9.55. The number of hydrogen-bond acceptors (Lipinski definition) is 5. The number of hydrogen-bond donors (Lipinski definition) is 1. The van der Waals surface area contributed by atoms with Crippen LogP contribution in [0.3, 0.4) is 0 Å². The highest BCUT2D eigenvalue weighted by Gasteiger charge is 2.24. The fourth-order valence-corrected chi connectivity index (χ4v) is 3.44. The molecule has 26 heavy (non-hydrogen) atoms. The quantitative estimate of drug-likeness (QED) is 0.788. The van der Waals surface area contributed by atoms with Crippen LogP contribution in [0.5, 0.6) is 11.5 Å². The highest BCUT2D eigenvalue weighted by Crippen LogP contribution is 2.34. The summed E-state index contributed by atoms with van der Waals surface area (Å²) in [6.45, 7) is 9.38. The van der Waals surface area contributed by atoms with Gasteiger partial charge >= 0.3 is 0 Å². The molecule has 5 heteroatoms. The highest BCUT2D eigenvalue weighted by molar-refractivity contribution is 5.44. The lowest BCUT2D eigenvalue weighted by Crippen LogP contribution is -2.45. The summed E-state index contributed by atoms with van der Waals surface area (Å²) in [6.07, 6.45) is 2.76. The summed E-state index contributed by atoms with van der Waals surface area (Å²) in [6, 6.07) is 12.8. The Morgan fingerprint density at radius 3 is 2.50 bits per heavy atom. The van der Waals surface area contributed by atoms with Gasteiger partial charge in [0.1, 0.15) is 0 Å². The number of benzene rings is 1. The summed E-state index contributed by atoms with van der Waals surface area (Å²) >= 11 is 0. The van der Waals surface area contributed by atoms with Gasteiger partial charge in [-0.2, -0.15) is 0 Å². The van der Waals surface area contributed by atoms with E-state index in [1.165, 1.54) is 5.56 Å². The van der Waals surface area contributed by atoms with Crippen LogP contribution in [0, 0.1) is 0 Å². The molecule has 2 aromatic rings. The third kappa shape index (κ3) is 4.74. The molecule has 0 amide bonds. The van der Waals surface area contributed by atoms with Crippen LogP contribution in [0.15, 0.2) is 42.6 Å². The Morgan fingerprint density at radius 1 is 1.04 bits per heavy atom. The summed E-state index contributed by atoms with van der Waals surface area (Å²) in [5.41, 5.74) is 2.37. The lowest BCUT2D eigenvalue weighted by molar-refractivity contribution is 0.171. The molecule has 5 nitrogen and oxygen atoms in total. The van der Waals surface area contributed by atoms with Crippen LogP contribution < -0.4 is 14.8 Å². The van der Waals surface area contributed by atoms with Crippen LogP contribution in [0.2, 0.25) is 0 Å². The lowest BCUT2D eigenvalue weighted by atomic mass is 9.98.